The molecule has 0 saturated carbocycles. The van der Waals surface area contributed by atoms with E-state index in [1.54, 1.807) is 11.0 Å². The molecule has 0 bridgehead atoms. The average molecular weight is 309 g/mol. The third-order valence-corrected chi connectivity index (χ3v) is 4.49. The summed E-state index contributed by atoms with van der Waals surface area (Å²) in [5, 5.41) is 14.6. The minimum atomic E-state index is -0.325. The largest absolute Gasteiger partial charge is 0.379 e. The Labute approximate surface area is 133 Å². The van der Waals surface area contributed by atoms with E-state index in [-0.39, 0.29) is 10.6 Å². The zero-order valence-electron chi connectivity index (χ0n) is 14.6. The van der Waals surface area contributed by atoms with Gasteiger partial charge in [0.1, 0.15) is 5.69 Å². The third kappa shape index (κ3) is 4.34. The van der Waals surface area contributed by atoms with Gasteiger partial charge in [0.2, 0.25) is 0 Å². The fourth-order valence-corrected chi connectivity index (χ4v) is 2.38. The number of anilines is 2. The third-order valence-electron chi connectivity index (χ3n) is 4.49. The first-order chi connectivity index (χ1) is 10.2. The number of likely N-dealkylation sites (N-methyl/N-ethyl adjacent to an activating group) is 1. The van der Waals surface area contributed by atoms with Crippen molar-refractivity contribution in [3.05, 3.63) is 27.8 Å². The van der Waals surface area contributed by atoms with Crippen molar-refractivity contribution >= 4 is 17.1 Å². The maximum absolute atomic E-state index is 11.2. The van der Waals surface area contributed by atoms with Crippen LogP contribution in [0.4, 0.5) is 17.1 Å². The van der Waals surface area contributed by atoms with Gasteiger partial charge in [-0.1, -0.05) is 0 Å². The Balaban J connectivity index is 2.92. The van der Waals surface area contributed by atoms with Crippen molar-refractivity contribution < 1.29 is 9.41 Å². The van der Waals surface area contributed by atoms with E-state index >= 15 is 0 Å². The number of nitrogens with zero attached hydrogens (tertiary/aromatic N) is 3. The van der Waals surface area contributed by atoms with Crippen LogP contribution in [0.1, 0.15) is 19.4 Å². The summed E-state index contributed by atoms with van der Waals surface area (Å²) in [7, 11) is 5.89. The van der Waals surface area contributed by atoms with Crippen LogP contribution in [-0.4, -0.2) is 56.7 Å². The predicted octanol–water partition coefficient (Wildman–Crippen LogP) is 2.87. The second-order valence-corrected chi connectivity index (χ2v) is 6.21. The molecule has 1 aromatic rings. The van der Waals surface area contributed by atoms with E-state index in [1.807, 2.05) is 27.1 Å². The van der Waals surface area contributed by atoms with Gasteiger partial charge in [0.15, 0.2) is 0 Å². The van der Waals surface area contributed by atoms with Crippen molar-refractivity contribution in [1.29, 1.82) is 0 Å². The second-order valence-electron chi connectivity index (χ2n) is 6.21. The van der Waals surface area contributed by atoms with Gasteiger partial charge in [-0.25, -0.2) is 0 Å². The fraction of sp³-hybridized carbons (Fsp3) is 0.625. The molecule has 1 rings (SSSR count). The summed E-state index contributed by atoms with van der Waals surface area (Å²) in [6.45, 7) is 10.4. The van der Waals surface area contributed by atoms with Crippen LogP contribution < -0.4 is 10.2 Å². The Bertz CT molecular complexity index is 525. The Kier molecular flexibility index (Phi) is 6.17. The standard InChI is InChI=1S/C16H29N4O2/c1-7-20(6,8-2)10-9-17-14-12-15(18(4)5)16(19(21)22)11-13(14)3/h11-12,17H,7-10H2,1-6H3/q+1. The molecule has 0 aliphatic rings. The molecule has 0 saturated heterocycles. The summed E-state index contributed by atoms with van der Waals surface area (Å²) >= 11 is 0. The highest BCUT2D eigenvalue weighted by molar-refractivity contribution is 5.72. The van der Waals surface area contributed by atoms with Crippen LogP contribution in [0.15, 0.2) is 12.1 Å². The number of rotatable bonds is 8. The molecule has 1 N–H and O–H groups in total. The van der Waals surface area contributed by atoms with Crippen molar-refractivity contribution in [3.63, 3.8) is 0 Å². The van der Waals surface area contributed by atoms with E-state index < -0.39 is 0 Å². The number of aryl methyl sites for hydroxylation is 1. The molecule has 0 spiro atoms. The Morgan fingerprint density at radius 1 is 1.27 bits per heavy atom. The molecule has 6 nitrogen and oxygen atoms in total. The van der Waals surface area contributed by atoms with Crippen LogP contribution in [0.2, 0.25) is 0 Å². The summed E-state index contributed by atoms with van der Waals surface area (Å²) in [4.78, 5) is 12.6. The van der Waals surface area contributed by atoms with E-state index in [2.05, 4.69) is 26.2 Å². The number of quaternary nitrogens is 1. The lowest BCUT2D eigenvalue weighted by molar-refractivity contribution is -0.904. The highest BCUT2D eigenvalue weighted by atomic mass is 16.6. The number of hydrogen-bond acceptors (Lipinski definition) is 4. The summed E-state index contributed by atoms with van der Waals surface area (Å²) in [6, 6.07) is 3.51. The molecule has 0 aromatic heterocycles. The Morgan fingerprint density at radius 2 is 1.86 bits per heavy atom. The van der Waals surface area contributed by atoms with Gasteiger partial charge in [0.25, 0.3) is 5.69 Å². The molecular weight excluding hydrogens is 280 g/mol. The fourth-order valence-electron chi connectivity index (χ4n) is 2.38. The van der Waals surface area contributed by atoms with Gasteiger partial charge in [-0.3, -0.25) is 10.1 Å². The topological polar surface area (TPSA) is 58.4 Å². The van der Waals surface area contributed by atoms with Crippen molar-refractivity contribution in [2.24, 2.45) is 0 Å². The summed E-state index contributed by atoms with van der Waals surface area (Å²) in [5.74, 6) is 0. The van der Waals surface area contributed by atoms with Crippen molar-refractivity contribution in [2.45, 2.75) is 20.8 Å². The number of benzene rings is 1. The van der Waals surface area contributed by atoms with Gasteiger partial charge in [-0.15, -0.1) is 0 Å². The second kappa shape index (κ2) is 7.45. The van der Waals surface area contributed by atoms with Gasteiger partial charge in [0.05, 0.1) is 38.2 Å². The van der Waals surface area contributed by atoms with Crippen molar-refractivity contribution in [3.8, 4) is 0 Å². The normalized spacial score (nSPS) is 11.4. The highest BCUT2D eigenvalue weighted by Crippen LogP contribution is 2.32. The molecule has 0 aliphatic carbocycles. The molecule has 124 valence electrons. The summed E-state index contributed by atoms with van der Waals surface area (Å²) < 4.78 is 1.01. The average Bonchev–Trinajstić information content (AvgIpc) is 2.47. The molecule has 0 amide bonds. The van der Waals surface area contributed by atoms with Gasteiger partial charge in [0, 0.05) is 25.8 Å². The first-order valence-corrected chi connectivity index (χ1v) is 7.78. The van der Waals surface area contributed by atoms with Crippen LogP contribution in [-0.2, 0) is 0 Å². The summed E-state index contributed by atoms with van der Waals surface area (Å²) in [6.07, 6.45) is 0. The molecule has 0 heterocycles. The van der Waals surface area contributed by atoms with Gasteiger partial charge < -0.3 is 14.7 Å². The Hall–Kier alpha value is -1.82. The van der Waals surface area contributed by atoms with Crippen LogP contribution in [0, 0.1) is 17.0 Å². The number of hydrogen-bond donors (Lipinski definition) is 1. The molecule has 0 atom stereocenters. The summed E-state index contributed by atoms with van der Waals surface area (Å²) in [5.41, 5.74) is 2.64. The van der Waals surface area contributed by atoms with Gasteiger partial charge >= 0.3 is 0 Å². The van der Waals surface area contributed by atoms with E-state index in [0.717, 1.165) is 41.9 Å². The molecule has 0 fully saturated rings. The SMILES string of the molecule is CC[N+](C)(CC)CCNc1cc(N(C)C)c([N+](=O)[O-])cc1C. The maximum atomic E-state index is 11.2. The lowest BCUT2D eigenvalue weighted by atomic mass is 10.1. The van der Waals surface area contributed by atoms with Gasteiger partial charge in [-0.05, 0) is 32.4 Å². The maximum Gasteiger partial charge on any atom is 0.292 e. The first kappa shape index (κ1) is 18.2. The molecule has 1 aromatic carbocycles. The highest BCUT2D eigenvalue weighted by Gasteiger charge is 2.19. The molecule has 6 heteroatoms. The quantitative estimate of drug-likeness (QED) is 0.456. The minimum Gasteiger partial charge on any atom is -0.379 e. The number of nitro benzene ring substituents is 1. The van der Waals surface area contributed by atoms with E-state index in [1.165, 1.54) is 0 Å². The molecule has 0 aliphatic heterocycles. The predicted molar refractivity (Wildman–Crippen MR) is 92.8 cm³/mol. The van der Waals surface area contributed by atoms with Crippen molar-refractivity contribution in [2.75, 3.05) is 57.5 Å². The van der Waals surface area contributed by atoms with E-state index in [9.17, 15) is 10.1 Å². The molecule has 22 heavy (non-hydrogen) atoms. The monoisotopic (exact) mass is 309 g/mol. The first-order valence-electron chi connectivity index (χ1n) is 7.78. The van der Waals surface area contributed by atoms with Crippen LogP contribution in [0.5, 0.6) is 0 Å². The van der Waals surface area contributed by atoms with Crippen molar-refractivity contribution in [1.82, 2.24) is 0 Å². The van der Waals surface area contributed by atoms with Gasteiger partial charge in [-0.2, -0.15) is 0 Å². The molecule has 0 unspecified atom stereocenters. The van der Waals surface area contributed by atoms with E-state index in [0.29, 0.717) is 5.69 Å². The van der Waals surface area contributed by atoms with Crippen LogP contribution >= 0.6 is 0 Å². The zero-order chi connectivity index (χ0) is 16.9. The smallest absolute Gasteiger partial charge is 0.292 e. The molecular formula is C16H29N4O2+. The van der Waals surface area contributed by atoms with Crippen LogP contribution in [0.25, 0.3) is 0 Å². The minimum absolute atomic E-state index is 0.149. The lowest BCUT2D eigenvalue weighted by Gasteiger charge is -2.32. The number of nitro groups is 1. The molecule has 0 radical (unpaired) electrons. The lowest BCUT2D eigenvalue weighted by Crippen LogP contribution is -2.46. The number of nitrogens with one attached hydrogen (secondary N) is 1. The van der Waals surface area contributed by atoms with Crippen LogP contribution in [0.3, 0.4) is 0 Å². The zero-order valence-corrected chi connectivity index (χ0v) is 14.6. The van der Waals surface area contributed by atoms with E-state index in [4.69, 9.17) is 0 Å². The Morgan fingerprint density at radius 3 is 2.32 bits per heavy atom.